The van der Waals surface area contributed by atoms with Crippen molar-refractivity contribution < 1.29 is 22.4 Å². The zero-order valence-electron chi connectivity index (χ0n) is 16.7. The minimum absolute atomic E-state index is 0.0520. The molecule has 4 aromatic rings. The Balaban J connectivity index is 1.57. The number of oxazole rings is 1. The first-order valence-electron chi connectivity index (χ1n) is 9.30. The fraction of sp³-hybridized carbons (Fsp3) is 0.0435. The average molecular weight is 448 g/mol. The Morgan fingerprint density at radius 3 is 2.47 bits per heavy atom. The number of aromatic nitrogens is 1. The fourth-order valence-electron chi connectivity index (χ4n) is 2.95. The number of aromatic amines is 1. The summed E-state index contributed by atoms with van der Waals surface area (Å²) in [5, 5.41) is 0. The highest BCUT2D eigenvalue weighted by molar-refractivity contribution is 7.92. The molecule has 0 amide bonds. The van der Waals surface area contributed by atoms with E-state index in [4.69, 9.17) is 9.15 Å². The lowest BCUT2D eigenvalue weighted by molar-refractivity contribution is 0.0600. The molecule has 0 bridgehead atoms. The molecule has 160 valence electrons. The largest absolute Gasteiger partial charge is 0.465 e. The van der Waals surface area contributed by atoms with Gasteiger partial charge in [0.05, 0.1) is 28.8 Å². The van der Waals surface area contributed by atoms with Crippen LogP contribution in [0.4, 0.5) is 5.69 Å². The second-order valence-corrected chi connectivity index (χ2v) is 8.36. The SMILES string of the molecule is COC(=O)c1cccc(C#Cc2cccc(NS(=O)(=O)c3ccc4[nH]c(=O)oc4c3)c2)c1. The molecule has 0 aliphatic heterocycles. The van der Waals surface area contributed by atoms with E-state index in [0.717, 1.165) is 0 Å². The Morgan fingerprint density at radius 2 is 1.72 bits per heavy atom. The van der Waals surface area contributed by atoms with E-state index in [2.05, 4.69) is 21.5 Å². The minimum atomic E-state index is -3.92. The van der Waals surface area contributed by atoms with Crippen LogP contribution >= 0.6 is 0 Å². The number of benzene rings is 3. The van der Waals surface area contributed by atoms with Crippen molar-refractivity contribution in [1.29, 1.82) is 0 Å². The number of carbonyl (C=O) groups excluding carboxylic acids is 1. The Labute approximate surface area is 182 Å². The molecule has 0 fully saturated rings. The number of anilines is 1. The molecule has 0 aliphatic rings. The van der Waals surface area contributed by atoms with Gasteiger partial charge in [-0.1, -0.05) is 24.0 Å². The van der Waals surface area contributed by atoms with Crippen LogP contribution in [0.25, 0.3) is 11.1 Å². The zero-order chi connectivity index (χ0) is 22.7. The predicted molar refractivity (Wildman–Crippen MR) is 118 cm³/mol. The third kappa shape index (κ3) is 4.55. The second kappa shape index (κ2) is 8.45. The van der Waals surface area contributed by atoms with Gasteiger partial charge >= 0.3 is 11.7 Å². The predicted octanol–water partition coefficient (Wildman–Crippen LogP) is 3.11. The van der Waals surface area contributed by atoms with Crippen LogP contribution in [0, 0.1) is 11.8 Å². The molecule has 0 spiro atoms. The molecular weight excluding hydrogens is 432 g/mol. The van der Waals surface area contributed by atoms with Crippen molar-refractivity contribution in [2.24, 2.45) is 0 Å². The highest BCUT2D eigenvalue weighted by Gasteiger charge is 2.16. The summed E-state index contributed by atoms with van der Waals surface area (Å²) in [6.45, 7) is 0. The zero-order valence-corrected chi connectivity index (χ0v) is 17.5. The first kappa shape index (κ1) is 21.0. The van der Waals surface area contributed by atoms with Crippen molar-refractivity contribution in [2.45, 2.75) is 4.90 Å². The third-order valence-electron chi connectivity index (χ3n) is 4.45. The van der Waals surface area contributed by atoms with Crippen molar-refractivity contribution in [3.8, 4) is 11.8 Å². The number of hydrogen-bond acceptors (Lipinski definition) is 6. The number of H-pyrrole nitrogens is 1. The van der Waals surface area contributed by atoms with E-state index >= 15 is 0 Å². The summed E-state index contributed by atoms with van der Waals surface area (Å²) in [5.41, 5.74) is 2.43. The van der Waals surface area contributed by atoms with E-state index in [1.165, 1.54) is 25.3 Å². The van der Waals surface area contributed by atoms with Crippen molar-refractivity contribution in [2.75, 3.05) is 11.8 Å². The first-order chi connectivity index (χ1) is 15.3. The normalized spacial score (nSPS) is 10.9. The maximum absolute atomic E-state index is 12.8. The molecule has 2 N–H and O–H groups in total. The number of ether oxygens (including phenoxy) is 1. The Morgan fingerprint density at radius 1 is 1.00 bits per heavy atom. The maximum Gasteiger partial charge on any atom is 0.417 e. The number of sulfonamides is 1. The lowest BCUT2D eigenvalue weighted by Crippen LogP contribution is -2.12. The van der Waals surface area contributed by atoms with Crippen LogP contribution in [0.15, 0.2) is 80.8 Å². The smallest absolute Gasteiger partial charge is 0.417 e. The molecule has 32 heavy (non-hydrogen) atoms. The van der Waals surface area contributed by atoms with Crippen molar-refractivity contribution >= 4 is 32.8 Å². The second-order valence-electron chi connectivity index (χ2n) is 6.68. The van der Waals surface area contributed by atoms with Crippen molar-refractivity contribution in [3.05, 3.63) is 94.0 Å². The molecule has 9 heteroatoms. The van der Waals surface area contributed by atoms with Crippen LogP contribution in [0.5, 0.6) is 0 Å². The topological polar surface area (TPSA) is 118 Å². The molecular formula is C23H16N2O6S. The lowest BCUT2D eigenvalue weighted by atomic mass is 10.1. The summed E-state index contributed by atoms with van der Waals surface area (Å²) in [7, 11) is -2.62. The maximum atomic E-state index is 12.8. The molecule has 3 aromatic carbocycles. The van der Waals surface area contributed by atoms with E-state index < -0.39 is 21.7 Å². The fourth-order valence-corrected chi connectivity index (χ4v) is 4.02. The molecule has 0 aliphatic carbocycles. The lowest BCUT2D eigenvalue weighted by Gasteiger charge is -2.08. The summed E-state index contributed by atoms with van der Waals surface area (Å²) in [4.78, 5) is 25.3. The number of methoxy groups -OCH3 is 1. The number of rotatable bonds is 4. The quantitative estimate of drug-likeness (QED) is 0.366. The minimum Gasteiger partial charge on any atom is -0.465 e. The van der Waals surface area contributed by atoms with Gasteiger partial charge in [0.1, 0.15) is 0 Å². The number of esters is 1. The summed E-state index contributed by atoms with van der Waals surface area (Å²) in [5.74, 6) is 4.77. The summed E-state index contributed by atoms with van der Waals surface area (Å²) >= 11 is 0. The molecule has 4 rings (SSSR count). The molecule has 0 radical (unpaired) electrons. The van der Waals surface area contributed by atoms with Gasteiger partial charge in [0.2, 0.25) is 0 Å². The van der Waals surface area contributed by atoms with E-state index in [-0.39, 0.29) is 10.5 Å². The van der Waals surface area contributed by atoms with Crippen LogP contribution in [0.1, 0.15) is 21.5 Å². The highest BCUT2D eigenvalue weighted by Crippen LogP contribution is 2.20. The molecule has 0 atom stereocenters. The first-order valence-corrected chi connectivity index (χ1v) is 10.8. The van der Waals surface area contributed by atoms with E-state index in [0.29, 0.717) is 27.9 Å². The summed E-state index contributed by atoms with van der Waals surface area (Å²) < 4.78 is 37.6. The highest BCUT2D eigenvalue weighted by atomic mass is 32.2. The monoisotopic (exact) mass is 448 g/mol. The summed E-state index contributed by atoms with van der Waals surface area (Å²) in [6, 6.07) is 17.4. The number of hydrogen-bond donors (Lipinski definition) is 2. The van der Waals surface area contributed by atoms with Gasteiger partial charge in [-0.15, -0.1) is 0 Å². The van der Waals surface area contributed by atoms with Crippen LogP contribution in [-0.2, 0) is 14.8 Å². The average Bonchev–Trinajstić information content (AvgIpc) is 3.16. The molecule has 1 aromatic heterocycles. The van der Waals surface area contributed by atoms with Crippen molar-refractivity contribution in [1.82, 2.24) is 4.98 Å². The number of nitrogens with one attached hydrogen (secondary N) is 2. The van der Waals surface area contributed by atoms with Gasteiger partial charge in [0, 0.05) is 17.2 Å². The van der Waals surface area contributed by atoms with Gasteiger partial charge in [-0.3, -0.25) is 9.71 Å². The molecule has 0 saturated carbocycles. The number of fused-ring (bicyclic) bond motifs is 1. The Bertz CT molecular complexity index is 1550. The van der Waals surface area contributed by atoms with Crippen LogP contribution < -0.4 is 10.5 Å². The number of carbonyl (C=O) groups is 1. The van der Waals surface area contributed by atoms with Gasteiger partial charge in [-0.2, -0.15) is 0 Å². The van der Waals surface area contributed by atoms with Crippen LogP contribution in [0.3, 0.4) is 0 Å². The summed E-state index contributed by atoms with van der Waals surface area (Å²) in [6.07, 6.45) is 0. The Hall–Kier alpha value is -4.29. The van der Waals surface area contributed by atoms with Gasteiger partial charge in [-0.05, 0) is 48.5 Å². The van der Waals surface area contributed by atoms with E-state index in [1.54, 1.807) is 48.5 Å². The standard InChI is InChI=1S/C23H16N2O6S/c1-30-22(26)17-6-2-4-15(12-17)8-9-16-5-3-7-18(13-16)25-32(28,29)19-10-11-20-21(14-19)31-23(27)24-20/h2-7,10-14,25H,1H3,(H,24,27). The Kier molecular flexibility index (Phi) is 5.54. The van der Waals surface area contributed by atoms with Gasteiger partial charge in [0.25, 0.3) is 10.0 Å². The third-order valence-corrected chi connectivity index (χ3v) is 5.83. The van der Waals surface area contributed by atoms with Gasteiger partial charge in [-0.25, -0.2) is 18.0 Å². The van der Waals surface area contributed by atoms with E-state index in [9.17, 15) is 18.0 Å². The van der Waals surface area contributed by atoms with Gasteiger partial charge < -0.3 is 9.15 Å². The van der Waals surface area contributed by atoms with Gasteiger partial charge in [0.15, 0.2) is 5.58 Å². The van der Waals surface area contributed by atoms with E-state index in [1.807, 2.05) is 0 Å². The van der Waals surface area contributed by atoms with Crippen molar-refractivity contribution in [3.63, 3.8) is 0 Å². The molecule has 1 heterocycles. The van der Waals surface area contributed by atoms with Crippen LogP contribution in [0.2, 0.25) is 0 Å². The van der Waals surface area contributed by atoms with Crippen LogP contribution in [-0.4, -0.2) is 26.5 Å². The molecule has 8 nitrogen and oxygen atoms in total. The molecule has 0 saturated heterocycles. The molecule has 0 unspecified atom stereocenters.